The number of nitrogens with two attached hydrogens (primary N) is 2. The quantitative estimate of drug-likeness (QED) is 0.721. The predicted molar refractivity (Wildman–Crippen MR) is 56.1 cm³/mol. The summed E-state index contributed by atoms with van der Waals surface area (Å²) in [6, 6.07) is 9.99. The summed E-state index contributed by atoms with van der Waals surface area (Å²) in [7, 11) is 0. The molecule has 0 unspecified atom stereocenters. The van der Waals surface area contributed by atoms with Gasteiger partial charge in [-0.2, -0.15) is 0 Å². The predicted octanol–water partition coefficient (Wildman–Crippen LogP) is 1.50. The molecule has 1 aromatic carbocycles. The molecule has 0 spiro atoms. The minimum atomic E-state index is 0.640. The lowest BCUT2D eigenvalue weighted by molar-refractivity contribution is 0.847. The van der Waals surface area contributed by atoms with Crippen LogP contribution in [0.4, 0.5) is 0 Å². The Morgan fingerprint density at radius 1 is 1.08 bits per heavy atom. The van der Waals surface area contributed by atoms with Crippen LogP contribution in [0.2, 0.25) is 0 Å². The van der Waals surface area contributed by atoms with Gasteiger partial charge in [0, 0.05) is 6.54 Å². The van der Waals surface area contributed by atoms with Gasteiger partial charge in [0.05, 0.1) is 0 Å². The molecule has 0 radical (unpaired) electrons. The fraction of sp³-hybridized carbons (Fsp3) is 0.455. The summed E-state index contributed by atoms with van der Waals surface area (Å²) < 4.78 is 0. The van der Waals surface area contributed by atoms with Crippen LogP contribution in [-0.2, 0) is 6.54 Å². The average molecular weight is 178 g/mol. The molecule has 1 aromatic rings. The van der Waals surface area contributed by atoms with E-state index in [1.807, 2.05) is 30.3 Å². The first-order chi connectivity index (χ1) is 6.36. The van der Waals surface area contributed by atoms with Crippen molar-refractivity contribution in [3.8, 4) is 0 Å². The van der Waals surface area contributed by atoms with Crippen LogP contribution in [0.5, 0.6) is 0 Å². The van der Waals surface area contributed by atoms with Gasteiger partial charge in [-0.25, -0.2) is 0 Å². The highest BCUT2D eigenvalue weighted by Crippen LogP contribution is 2.26. The lowest BCUT2D eigenvalue weighted by Crippen LogP contribution is -1.98. The fourth-order valence-electron chi connectivity index (χ4n) is 0.968. The summed E-state index contributed by atoms with van der Waals surface area (Å²) in [6.07, 6.45) is 2.77. The van der Waals surface area contributed by atoms with Crippen LogP contribution in [0, 0.1) is 5.92 Å². The second-order valence-corrected chi connectivity index (χ2v) is 3.37. The van der Waals surface area contributed by atoms with E-state index in [2.05, 4.69) is 0 Å². The third kappa shape index (κ3) is 4.65. The van der Waals surface area contributed by atoms with Crippen molar-refractivity contribution >= 4 is 0 Å². The maximum atomic E-state index is 5.35. The molecule has 2 rings (SSSR count). The Hall–Kier alpha value is -0.860. The van der Waals surface area contributed by atoms with Gasteiger partial charge in [-0.05, 0) is 30.9 Å². The lowest BCUT2D eigenvalue weighted by atomic mass is 10.2. The Kier molecular flexibility index (Phi) is 4.50. The van der Waals surface area contributed by atoms with Gasteiger partial charge in [0.2, 0.25) is 0 Å². The summed E-state index contributed by atoms with van der Waals surface area (Å²) in [4.78, 5) is 0. The van der Waals surface area contributed by atoms with Crippen LogP contribution in [0.15, 0.2) is 30.3 Å². The van der Waals surface area contributed by atoms with Gasteiger partial charge in [0.15, 0.2) is 0 Å². The zero-order chi connectivity index (χ0) is 9.52. The Labute approximate surface area is 79.9 Å². The third-order valence-corrected chi connectivity index (χ3v) is 2.11. The van der Waals surface area contributed by atoms with Crippen LogP contribution in [-0.4, -0.2) is 6.54 Å². The van der Waals surface area contributed by atoms with Gasteiger partial charge in [0.25, 0.3) is 0 Å². The maximum Gasteiger partial charge on any atom is 0.0178 e. The second kappa shape index (κ2) is 5.73. The van der Waals surface area contributed by atoms with Gasteiger partial charge < -0.3 is 11.5 Å². The van der Waals surface area contributed by atoms with E-state index in [-0.39, 0.29) is 0 Å². The molecule has 72 valence electrons. The number of benzene rings is 1. The molecule has 0 saturated heterocycles. The first kappa shape index (κ1) is 10.2. The number of hydrogen-bond donors (Lipinski definition) is 2. The molecular formula is C11H18N2. The highest BCUT2D eigenvalue weighted by Gasteiger charge is 2.17. The van der Waals surface area contributed by atoms with Crippen LogP contribution >= 0.6 is 0 Å². The molecular weight excluding hydrogens is 160 g/mol. The van der Waals surface area contributed by atoms with Crippen molar-refractivity contribution in [3.05, 3.63) is 35.9 Å². The summed E-state index contributed by atoms with van der Waals surface area (Å²) in [5, 5.41) is 0. The standard InChI is InChI=1S/C7H9N.C4H9N/c8-6-7-4-2-1-3-5-7;5-3-4-1-2-4/h1-5H,6,8H2;4H,1-3,5H2. The Morgan fingerprint density at radius 2 is 1.69 bits per heavy atom. The molecule has 0 heterocycles. The van der Waals surface area contributed by atoms with E-state index in [0.29, 0.717) is 6.54 Å². The van der Waals surface area contributed by atoms with Gasteiger partial charge >= 0.3 is 0 Å². The Balaban J connectivity index is 0.000000145. The molecule has 1 saturated carbocycles. The van der Waals surface area contributed by atoms with Gasteiger partial charge in [-0.3, -0.25) is 0 Å². The molecule has 1 fully saturated rings. The van der Waals surface area contributed by atoms with Gasteiger partial charge in [-0.1, -0.05) is 30.3 Å². The van der Waals surface area contributed by atoms with Crippen LogP contribution in [0.3, 0.4) is 0 Å². The molecule has 0 aromatic heterocycles. The van der Waals surface area contributed by atoms with E-state index < -0.39 is 0 Å². The van der Waals surface area contributed by atoms with Crippen molar-refractivity contribution in [1.82, 2.24) is 0 Å². The molecule has 4 N–H and O–H groups in total. The normalized spacial score (nSPS) is 14.6. The van der Waals surface area contributed by atoms with E-state index in [0.717, 1.165) is 12.5 Å². The fourth-order valence-corrected chi connectivity index (χ4v) is 0.968. The molecule has 0 aliphatic heterocycles. The molecule has 0 atom stereocenters. The minimum Gasteiger partial charge on any atom is -0.330 e. The van der Waals surface area contributed by atoms with Crippen LogP contribution in [0.1, 0.15) is 18.4 Å². The molecule has 2 heteroatoms. The van der Waals surface area contributed by atoms with Crippen molar-refractivity contribution in [2.24, 2.45) is 17.4 Å². The van der Waals surface area contributed by atoms with Crippen LogP contribution in [0.25, 0.3) is 0 Å². The molecule has 2 nitrogen and oxygen atoms in total. The smallest absolute Gasteiger partial charge is 0.0178 e. The van der Waals surface area contributed by atoms with Crippen molar-refractivity contribution in [2.45, 2.75) is 19.4 Å². The van der Waals surface area contributed by atoms with Crippen molar-refractivity contribution in [2.75, 3.05) is 6.54 Å². The summed E-state index contributed by atoms with van der Waals surface area (Å²) >= 11 is 0. The van der Waals surface area contributed by atoms with Crippen molar-refractivity contribution in [1.29, 1.82) is 0 Å². The monoisotopic (exact) mass is 178 g/mol. The zero-order valence-electron chi connectivity index (χ0n) is 7.95. The van der Waals surface area contributed by atoms with E-state index in [4.69, 9.17) is 11.5 Å². The SMILES string of the molecule is NCC1CC1.NCc1ccccc1. The van der Waals surface area contributed by atoms with Gasteiger partial charge in [0.1, 0.15) is 0 Å². The zero-order valence-corrected chi connectivity index (χ0v) is 7.95. The van der Waals surface area contributed by atoms with E-state index in [1.165, 1.54) is 18.4 Å². The molecule has 0 amide bonds. The van der Waals surface area contributed by atoms with Crippen LogP contribution < -0.4 is 11.5 Å². The van der Waals surface area contributed by atoms with Crippen molar-refractivity contribution < 1.29 is 0 Å². The second-order valence-electron chi connectivity index (χ2n) is 3.37. The van der Waals surface area contributed by atoms with Gasteiger partial charge in [-0.15, -0.1) is 0 Å². The first-order valence-electron chi connectivity index (χ1n) is 4.81. The minimum absolute atomic E-state index is 0.640. The topological polar surface area (TPSA) is 52.0 Å². The van der Waals surface area contributed by atoms with E-state index >= 15 is 0 Å². The molecule has 13 heavy (non-hydrogen) atoms. The third-order valence-electron chi connectivity index (χ3n) is 2.11. The van der Waals surface area contributed by atoms with E-state index in [9.17, 15) is 0 Å². The highest BCUT2D eigenvalue weighted by atomic mass is 14.6. The summed E-state index contributed by atoms with van der Waals surface area (Å²) in [5.41, 5.74) is 11.8. The molecule has 1 aliphatic rings. The summed E-state index contributed by atoms with van der Waals surface area (Å²) in [5.74, 6) is 0.912. The van der Waals surface area contributed by atoms with Crippen molar-refractivity contribution in [3.63, 3.8) is 0 Å². The molecule has 0 bridgehead atoms. The number of hydrogen-bond acceptors (Lipinski definition) is 2. The highest BCUT2D eigenvalue weighted by molar-refractivity contribution is 5.13. The Bertz CT molecular complexity index is 217. The number of rotatable bonds is 2. The average Bonchev–Trinajstić information content (AvgIpc) is 3.03. The first-order valence-corrected chi connectivity index (χ1v) is 4.81. The maximum absolute atomic E-state index is 5.35. The lowest BCUT2D eigenvalue weighted by Gasteiger charge is -1.90. The Morgan fingerprint density at radius 3 is 1.92 bits per heavy atom. The van der Waals surface area contributed by atoms with E-state index in [1.54, 1.807) is 0 Å². The molecule has 1 aliphatic carbocycles. The largest absolute Gasteiger partial charge is 0.330 e. The summed E-state index contributed by atoms with van der Waals surface area (Å²) in [6.45, 7) is 1.56.